The third-order valence-corrected chi connectivity index (χ3v) is 6.83. The molecule has 1 N–H and O–H groups in total. The van der Waals surface area contributed by atoms with Crippen LogP contribution in [0.3, 0.4) is 0 Å². The predicted octanol–water partition coefficient (Wildman–Crippen LogP) is -0.469. The van der Waals surface area contributed by atoms with Crippen LogP contribution in [0.5, 0.6) is 0 Å². The SMILES string of the molecule is C[C@H]1Cn2ncc(N3CC4COCCN4S3(=O)=O)c2CN1C(=O)O. The standard InChI is InChI=1S/C13H19N5O5S/c1-9-5-16-12(7-15(9)13(19)20)11(4-14-16)18-6-10-8-23-3-2-17(10)24(18,21)22/h4,9-10H,2-3,5-8H2,1H3,(H,19,20)/t9-,10?/m0/s1. The van der Waals surface area contributed by atoms with Crippen molar-refractivity contribution in [1.82, 2.24) is 19.0 Å². The van der Waals surface area contributed by atoms with E-state index in [9.17, 15) is 18.3 Å². The number of ether oxygens (including phenoxy) is 1. The molecule has 0 spiro atoms. The Bertz CT molecular complexity index is 778. The molecule has 0 aromatic carbocycles. The second kappa shape index (κ2) is 5.33. The maximum atomic E-state index is 12.8. The monoisotopic (exact) mass is 357 g/mol. The second-order valence-corrected chi connectivity index (χ2v) is 8.10. The Morgan fingerprint density at radius 1 is 1.42 bits per heavy atom. The fourth-order valence-corrected chi connectivity index (χ4v) is 5.40. The van der Waals surface area contributed by atoms with E-state index in [0.29, 0.717) is 44.2 Å². The van der Waals surface area contributed by atoms with Gasteiger partial charge >= 0.3 is 16.3 Å². The zero-order valence-corrected chi connectivity index (χ0v) is 14.0. The van der Waals surface area contributed by atoms with Gasteiger partial charge in [-0.25, -0.2) is 4.79 Å². The van der Waals surface area contributed by atoms with Crippen molar-refractivity contribution in [2.75, 3.05) is 30.6 Å². The number of morpholine rings is 1. The van der Waals surface area contributed by atoms with Gasteiger partial charge in [-0.2, -0.15) is 17.8 Å². The van der Waals surface area contributed by atoms with Gasteiger partial charge in [0, 0.05) is 6.54 Å². The highest BCUT2D eigenvalue weighted by Crippen LogP contribution is 2.34. The summed E-state index contributed by atoms with van der Waals surface area (Å²) in [6.45, 7) is 3.74. The second-order valence-electron chi connectivity index (χ2n) is 6.30. The number of aromatic nitrogens is 2. The summed E-state index contributed by atoms with van der Waals surface area (Å²) in [5, 5.41) is 13.6. The summed E-state index contributed by atoms with van der Waals surface area (Å²) >= 11 is 0. The highest BCUT2D eigenvalue weighted by molar-refractivity contribution is 7.90. The number of amides is 1. The van der Waals surface area contributed by atoms with E-state index >= 15 is 0 Å². The van der Waals surface area contributed by atoms with Crippen LogP contribution in [-0.2, 0) is 28.0 Å². The van der Waals surface area contributed by atoms with Gasteiger partial charge in [0.15, 0.2) is 0 Å². The first-order valence-electron chi connectivity index (χ1n) is 7.81. The van der Waals surface area contributed by atoms with Crippen LogP contribution in [0, 0.1) is 0 Å². The van der Waals surface area contributed by atoms with Crippen LogP contribution in [-0.4, -0.2) is 77.0 Å². The van der Waals surface area contributed by atoms with Crippen LogP contribution in [0.25, 0.3) is 0 Å². The molecule has 2 fully saturated rings. The molecule has 10 nitrogen and oxygen atoms in total. The first kappa shape index (κ1) is 15.7. The molecule has 0 bridgehead atoms. The average Bonchev–Trinajstić information content (AvgIpc) is 3.04. The minimum atomic E-state index is -3.63. The number of nitrogens with zero attached hydrogens (tertiary/aromatic N) is 5. The third kappa shape index (κ3) is 2.19. The molecule has 4 rings (SSSR count). The lowest BCUT2D eigenvalue weighted by Crippen LogP contribution is -2.45. The lowest BCUT2D eigenvalue weighted by atomic mass is 10.2. The van der Waals surface area contributed by atoms with Crippen LogP contribution in [0.4, 0.5) is 10.5 Å². The van der Waals surface area contributed by atoms with Crippen LogP contribution in [0.1, 0.15) is 12.6 Å². The molecule has 1 aromatic heterocycles. The molecule has 0 radical (unpaired) electrons. The fourth-order valence-electron chi connectivity index (χ4n) is 3.57. The van der Waals surface area contributed by atoms with Crippen molar-refractivity contribution in [3.05, 3.63) is 11.9 Å². The highest BCUT2D eigenvalue weighted by Gasteiger charge is 2.47. The maximum Gasteiger partial charge on any atom is 0.407 e. The Hall–Kier alpha value is -1.85. The van der Waals surface area contributed by atoms with Crippen LogP contribution in [0.2, 0.25) is 0 Å². The number of rotatable bonds is 1. The summed E-state index contributed by atoms with van der Waals surface area (Å²) in [7, 11) is -3.63. The molecule has 0 aliphatic carbocycles. The van der Waals surface area contributed by atoms with E-state index < -0.39 is 16.3 Å². The van der Waals surface area contributed by atoms with Gasteiger partial charge in [-0.15, -0.1) is 0 Å². The molecule has 24 heavy (non-hydrogen) atoms. The number of carbonyl (C=O) groups is 1. The Labute approximate surface area is 139 Å². The lowest BCUT2D eigenvalue weighted by Gasteiger charge is -2.32. The van der Waals surface area contributed by atoms with Gasteiger partial charge in [0.25, 0.3) is 0 Å². The zero-order valence-electron chi connectivity index (χ0n) is 13.2. The molecule has 4 heterocycles. The molecule has 2 atom stereocenters. The summed E-state index contributed by atoms with van der Waals surface area (Å²) in [6.07, 6.45) is 0.501. The molecule has 132 valence electrons. The van der Waals surface area contributed by atoms with Crippen LogP contribution in [0.15, 0.2) is 6.20 Å². The first-order chi connectivity index (χ1) is 11.4. The van der Waals surface area contributed by atoms with Gasteiger partial charge < -0.3 is 9.84 Å². The van der Waals surface area contributed by atoms with Crippen LogP contribution < -0.4 is 4.31 Å². The normalized spacial score (nSPS) is 29.4. The van der Waals surface area contributed by atoms with Gasteiger partial charge in [0.2, 0.25) is 0 Å². The van der Waals surface area contributed by atoms with Crippen molar-refractivity contribution in [2.45, 2.75) is 32.1 Å². The van der Waals surface area contributed by atoms with E-state index in [0.717, 1.165) is 0 Å². The lowest BCUT2D eigenvalue weighted by molar-refractivity contribution is 0.0428. The minimum absolute atomic E-state index is 0.124. The summed E-state index contributed by atoms with van der Waals surface area (Å²) in [4.78, 5) is 12.7. The maximum absolute atomic E-state index is 12.8. The van der Waals surface area contributed by atoms with Crippen molar-refractivity contribution in [1.29, 1.82) is 0 Å². The molecular weight excluding hydrogens is 338 g/mol. The Morgan fingerprint density at radius 2 is 2.21 bits per heavy atom. The molecule has 2 saturated heterocycles. The van der Waals surface area contributed by atoms with E-state index in [-0.39, 0.29) is 18.6 Å². The molecule has 11 heteroatoms. The van der Waals surface area contributed by atoms with E-state index in [2.05, 4.69) is 5.10 Å². The Kier molecular flexibility index (Phi) is 3.48. The first-order valence-corrected chi connectivity index (χ1v) is 9.21. The smallest absolute Gasteiger partial charge is 0.407 e. The van der Waals surface area contributed by atoms with E-state index in [4.69, 9.17) is 4.74 Å². The Balaban J connectivity index is 1.71. The molecule has 1 unspecified atom stereocenters. The topological polar surface area (TPSA) is 108 Å². The molecule has 3 aliphatic heterocycles. The molecule has 1 amide bonds. The molecular formula is C13H19N5O5S. The number of fused-ring (bicyclic) bond motifs is 2. The minimum Gasteiger partial charge on any atom is -0.465 e. The summed E-state index contributed by atoms with van der Waals surface area (Å²) in [5.74, 6) is 0. The van der Waals surface area contributed by atoms with Crippen molar-refractivity contribution in [3.63, 3.8) is 0 Å². The summed E-state index contributed by atoms with van der Waals surface area (Å²) in [5.41, 5.74) is 1.07. The van der Waals surface area contributed by atoms with Gasteiger partial charge in [0.05, 0.1) is 62.5 Å². The number of hydrogen-bond donors (Lipinski definition) is 1. The fraction of sp³-hybridized carbons (Fsp3) is 0.692. The van der Waals surface area contributed by atoms with E-state index in [1.807, 2.05) is 6.92 Å². The van der Waals surface area contributed by atoms with Crippen molar-refractivity contribution < 1.29 is 23.1 Å². The van der Waals surface area contributed by atoms with Crippen molar-refractivity contribution >= 4 is 22.0 Å². The zero-order chi connectivity index (χ0) is 17.1. The molecule has 1 aromatic rings. The average molecular weight is 357 g/mol. The number of carboxylic acid groups (broad SMARTS) is 1. The van der Waals surface area contributed by atoms with Gasteiger partial charge in [-0.05, 0) is 6.92 Å². The van der Waals surface area contributed by atoms with Crippen LogP contribution >= 0.6 is 0 Å². The van der Waals surface area contributed by atoms with Gasteiger partial charge in [0.1, 0.15) is 0 Å². The van der Waals surface area contributed by atoms with Gasteiger partial charge in [-0.1, -0.05) is 0 Å². The van der Waals surface area contributed by atoms with E-state index in [1.165, 1.54) is 19.7 Å². The highest BCUT2D eigenvalue weighted by atomic mass is 32.2. The van der Waals surface area contributed by atoms with Gasteiger partial charge in [-0.3, -0.25) is 13.9 Å². The predicted molar refractivity (Wildman–Crippen MR) is 82.8 cm³/mol. The van der Waals surface area contributed by atoms with Crippen molar-refractivity contribution in [3.8, 4) is 0 Å². The molecule has 0 saturated carbocycles. The Morgan fingerprint density at radius 3 is 2.92 bits per heavy atom. The summed E-state index contributed by atoms with van der Waals surface area (Å²) in [6, 6.07) is -0.421. The quantitative estimate of drug-likeness (QED) is 0.728. The largest absolute Gasteiger partial charge is 0.465 e. The summed E-state index contributed by atoms with van der Waals surface area (Å²) < 4.78 is 35.5. The molecule has 3 aliphatic rings. The van der Waals surface area contributed by atoms with Crippen molar-refractivity contribution in [2.24, 2.45) is 0 Å². The van der Waals surface area contributed by atoms with E-state index in [1.54, 1.807) is 4.68 Å². The third-order valence-electron chi connectivity index (χ3n) is 4.86. The number of hydrogen-bond acceptors (Lipinski definition) is 5. The number of anilines is 1.